The molecule has 1 aliphatic carbocycles. The molecule has 2 fully saturated rings. The number of rotatable bonds is 3. The van der Waals surface area contributed by atoms with Gasteiger partial charge in [0.15, 0.2) is 0 Å². The van der Waals surface area contributed by atoms with E-state index in [0.29, 0.717) is 13.1 Å². The zero-order chi connectivity index (χ0) is 17.4. The van der Waals surface area contributed by atoms with Crippen LogP contribution in [0, 0.1) is 11.7 Å². The highest BCUT2D eigenvalue weighted by atomic mass is 35.5. The van der Waals surface area contributed by atoms with E-state index < -0.39 is 0 Å². The van der Waals surface area contributed by atoms with Gasteiger partial charge in [0.25, 0.3) is 0 Å². The highest BCUT2D eigenvalue weighted by Crippen LogP contribution is 2.50. The number of benzene rings is 2. The van der Waals surface area contributed by atoms with Crippen LogP contribution in [0.25, 0.3) is 0 Å². The highest BCUT2D eigenvalue weighted by molar-refractivity contribution is 6.31. The standard InChI is InChI=1S/C20H20ClFN2O/c21-19-4-2-1-3-16(19)17-13-18(17)20(25)24-11-9-23(10-12-24)15-7-5-14(22)6-8-15/h1-8,17-18H,9-13H2. The Morgan fingerprint density at radius 3 is 2.36 bits per heavy atom. The molecule has 2 unspecified atom stereocenters. The molecule has 0 radical (unpaired) electrons. The van der Waals surface area contributed by atoms with Gasteiger partial charge in [0.05, 0.1) is 0 Å². The second kappa shape index (κ2) is 6.68. The number of carbonyl (C=O) groups is 1. The zero-order valence-electron chi connectivity index (χ0n) is 13.9. The van der Waals surface area contributed by atoms with E-state index in [1.807, 2.05) is 29.2 Å². The van der Waals surface area contributed by atoms with Crippen LogP contribution in [0.2, 0.25) is 5.02 Å². The average Bonchev–Trinajstić information content (AvgIpc) is 3.43. The predicted octanol–water partition coefficient (Wildman–Crippen LogP) is 3.93. The van der Waals surface area contributed by atoms with Crippen LogP contribution in [0.15, 0.2) is 48.5 Å². The normalized spacial score (nSPS) is 22.8. The van der Waals surface area contributed by atoms with Crippen molar-refractivity contribution in [2.24, 2.45) is 5.92 Å². The van der Waals surface area contributed by atoms with Crippen LogP contribution in [-0.4, -0.2) is 37.0 Å². The molecule has 1 saturated heterocycles. The van der Waals surface area contributed by atoms with E-state index in [0.717, 1.165) is 35.8 Å². The van der Waals surface area contributed by atoms with Crippen LogP contribution in [0.3, 0.4) is 0 Å². The molecule has 1 heterocycles. The van der Waals surface area contributed by atoms with Gasteiger partial charge in [0, 0.05) is 42.8 Å². The Bertz CT molecular complexity index is 772. The Hall–Kier alpha value is -2.07. The fourth-order valence-corrected chi connectivity index (χ4v) is 3.93. The van der Waals surface area contributed by atoms with E-state index in [-0.39, 0.29) is 23.6 Å². The molecular weight excluding hydrogens is 339 g/mol. The number of piperazine rings is 1. The second-order valence-corrected chi connectivity index (χ2v) is 7.17. The molecule has 2 aliphatic rings. The molecule has 25 heavy (non-hydrogen) atoms. The van der Waals surface area contributed by atoms with Crippen molar-refractivity contribution in [1.29, 1.82) is 0 Å². The first-order valence-corrected chi connectivity index (χ1v) is 9.05. The SMILES string of the molecule is O=C(C1CC1c1ccccc1Cl)N1CCN(c2ccc(F)cc2)CC1. The van der Waals surface area contributed by atoms with E-state index in [9.17, 15) is 9.18 Å². The van der Waals surface area contributed by atoms with Gasteiger partial charge in [-0.1, -0.05) is 29.8 Å². The Morgan fingerprint density at radius 2 is 1.68 bits per heavy atom. The van der Waals surface area contributed by atoms with Gasteiger partial charge in [0.1, 0.15) is 5.82 Å². The number of halogens is 2. The van der Waals surface area contributed by atoms with Crippen LogP contribution >= 0.6 is 11.6 Å². The van der Waals surface area contributed by atoms with E-state index in [2.05, 4.69) is 4.90 Å². The zero-order valence-corrected chi connectivity index (χ0v) is 14.6. The van der Waals surface area contributed by atoms with Crippen molar-refractivity contribution in [3.05, 3.63) is 64.9 Å². The van der Waals surface area contributed by atoms with Gasteiger partial charge >= 0.3 is 0 Å². The quantitative estimate of drug-likeness (QED) is 0.830. The average molecular weight is 359 g/mol. The molecule has 3 nitrogen and oxygen atoms in total. The van der Waals surface area contributed by atoms with Crippen LogP contribution in [0.5, 0.6) is 0 Å². The third-order valence-electron chi connectivity index (χ3n) is 5.20. The first kappa shape index (κ1) is 16.4. The van der Waals surface area contributed by atoms with E-state index in [1.54, 1.807) is 12.1 Å². The maximum atomic E-state index is 13.0. The van der Waals surface area contributed by atoms with Gasteiger partial charge in [-0.3, -0.25) is 4.79 Å². The van der Waals surface area contributed by atoms with Crippen LogP contribution < -0.4 is 4.90 Å². The summed E-state index contributed by atoms with van der Waals surface area (Å²) in [6.45, 7) is 2.98. The number of amides is 1. The van der Waals surface area contributed by atoms with Crippen LogP contribution in [0.4, 0.5) is 10.1 Å². The molecule has 5 heteroatoms. The van der Waals surface area contributed by atoms with Gasteiger partial charge in [-0.25, -0.2) is 4.39 Å². The first-order chi connectivity index (χ1) is 12.1. The van der Waals surface area contributed by atoms with Crippen molar-refractivity contribution in [1.82, 2.24) is 4.90 Å². The lowest BCUT2D eigenvalue weighted by atomic mass is 10.1. The third kappa shape index (κ3) is 3.36. The largest absolute Gasteiger partial charge is 0.368 e. The monoisotopic (exact) mass is 358 g/mol. The molecule has 130 valence electrons. The fraction of sp³-hybridized carbons (Fsp3) is 0.350. The summed E-state index contributed by atoms with van der Waals surface area (Å²) in [5.74, 6) is 0.342. The number of hydrogen-bond acceptors (Lipinski definition) is 2. The summed E-state index contributed by atoms with van der Waals surface area (Å²) in [6.07, 6.45) is 0.890. The van der Waals surface area contributed by atoms with Crippen molar-refractivity contribution in [3.8, 4) is 0 Å². The summed E-state index contributed by atoms with van der Waals surface area (Å²) in [4.78, 5) is 16.9. The minimum absolute atomic E-state index is 0.0669. The van der Waals surface area contributed by atoms with Crippen molar-refractivity contribution in [2.45, 2.75) is 12.3 Å². The molecule has 2 atom stereocenters. The summed E-state index contributed by atoms with van der Waals surface area (Å²) in [5, 5.41) is 0.754. The number of anilines is 1. The van der Waals surface area contributed by atoms with Crippen molar-refractivity contribution in [2.75, 3.05) is 31.1 Å². The van der Waals surface area contributed by atoms with Crippen molar-refractivity contribution in [3.63, 3.8) is 0 Å². The lowest BCUT2D eigenvalue weighted by molar-refractivity contribution is -0.132. The number of nitrogens with zero attached hydrogens (tertiary/aromatic N) is 2. The van der Waals surface area contributed by atoms with Crippen molar-refractivity contribution >= 4 is 23.2 Å². The smallest absolute Gasteiger partial charge is 0.226 e. The van der Waals surface area contributed by atoms with Gasteiger partial charge < -0.3 is 9.80 Å². The molecule has 0 aromatic heterocycles. The molecule has 4 rings (SSSR count). The van der Waals surface area contributed by atoms with Crippen LogP contribution in [0.1, 0.15) is 17.9 Å². The Kier molecular flexibility index (Phi) is 4.38. The maximum absolute atomic E-state index is 13.0. The Morgan fingerprint density at radius 1 is 1.00 bits per heavy atom. The van der Waals surface area contributed by atoms with Crippen molar-refractivity contribution < 1.29 is 9.18 Å². The lowest BCUT2D eigenvalue weighted by Gasteiger charge is -2.36. The molecule has 2 aromatic rings. The minimum Gasteiger partial charge on any atom is -0.368 e. The van der Waals surface area contributed by atoms with Gasteiger partial charge in [-0.05, 0) is 48.2 Å². The molecule has 0 bridgehead atoms. The molecule has 1 aliphatic heterocycles. The molecule has 0 spiro atoms. The summed E-state index contributed by atoms with van der Waals surface area (Å²) >= 11 is 6.25. The van der Waals surface area contributed by atoms with Gasteiger partial charge in [0.2, 0.25) is 5.91 Å². The van der Waals surface area contributed by atoms with Gasteiger partial charge in [-0.15, -0.1) is 0 Å². The van der Waals surface area contributed by atoms with E-state index in [1.165, 1.54) is 12.1 Å². The van der Waals surface area contributed by atoms with E-state index >= 15 is 0 Å². The summed E-state index contributed by atoms with van der Waals surface area (Å²) in [6, 6.07) is 14.3. The predicted molar refractivity (Wildman–Crippen MR) is 97.5 cm³/mol. The summed E-state index contributed by atoms with van der Waals surface area (Å²) in [7, 11) is 0. The molecule has 0 N–H and O–H groups in total. The summed E-state index contributed by atoms with van der Waals surface area (Å²) < 4.78 is 13.0. The fourth-order valence-electron chi connectivity index (χ4n) is 3.66. The number of carbonyl (C=O) groups excluding carboxylic acids is 1. The van der Waals surface area contributed by atoms with E-state index in [4.69, 9.17) is 11.6 Å². The highest BCUT2D eigenvalue weighted by Gasteiger charge is 2.46. The first-order valence-electron chi connectivity index (χ1n) is 8.67. The molecule has 1 saturated carbocycles. The minimum atomic E-state index is -0.225. The maximum Gasteiger partial charge on any atom is 0.226 e. The molecular formula is C20H20ClFN2O. The molecule has 1 amide bonds. The van der Waals surface area contributed by atoms with Gasteiger partial charge in [-0.2, -0.15) is 0 Å². The van der Waals surface area contributed by atoms with Crippen LogP contribution in [-0.2, 0) is 4.79 Å². The third-order valence-corrected chi connectivity index (χ3v) is 5.54. The Labute approximate surface area is 152 Å². The second-order valence-electron chi connectivity index (χ2n) is 6.76. The summed E-state index contributed by atoms with van der Waals surface area (Å²) in [5.41, 5.74) is 2.10. The molecule has 2 aromatic carbocycles. The lowest BCUT2D eigenvalue weighted by Crippen LogP contribution is -2.49. The number of hydrogen-bond donors (Lipinski definition) is 0. The Balaban J connectivity index is 1.35. The topological polar surface area (TPSA) is 23.6 Å².